The van der Waals surface area contributed by atoms with Gasteiger partial charge in [-0.25, -0.2) is 0 Å². The summed E-state index contributed by atoms with van der Waals surface area (Å²) in [6.07, 6.45) is 2.45. The number of carbonyl (C=O) groups is 2. The fourth-order valence-electron chi connectivity index (χ4n) is 2.75. The molecular formula is C13H22N2O3. The number of methoxy groups -OCH3 is 1. The van der Waals surface area contributed by atoms with Gasteiger partial charge in [0.25, 0.3) is 0 Å². The molecule has 0 aromatic heterocycles. The summed E-state index contributed by atoms with van der Waals surface area (Å²) < 4.78 is 4.72. The standard InChI is InChI=1S/C13H22N2O3/c1-9-7-14(2)13(17)11(6-12(16)18-3)15(8-9)10-4-5-10/h9-11H,4-8H2,1-3H3. The second kappa shape index (κ2) is 5.26. The van der Waals surface area contributed by atoms with Gasteiger partial charge in [0.1, 0.15) is 6.04 Å². The SMILES string of the molecule is COC(=O)CC1C(=O)N(C)CC(C)CN1C1CC1. The normalized spacial score (nSPS) is 30.2. The van der Waals surface area contributed by atoms with Gasteiger partial charge in [-0.15, -0.1) is 0 Å². The van der Waals surface area contributed by atoms with Crippen LogP contribution in [0.15, 0.2) is 0 Å². The minimum absolute atomic E-state index is 0.0525. The zero-order valence-electron chi connectivity index (χ0n) is 11.4. The lowest BCUT2D eigenvalue weighted by molar-refractivity contribution is -0.146. The second-order valence-corrected chi connectivity index (χ2v) is 5.55. The van der Waals surface area contributed by atoms with Gasteiger partial charge in [0.15, 0.2) is 0 Å². The number of amides is 1. The second-order valence-electron chi connectivity index (χ2n) is 5.55. The highest BCUT2D eigenvalue weighted by atomic mass is 16.5. The average molecular weight is 254 g/mol. The van der Waals surface area contributed by atoms with Crippen molar-refractivity contribution in [1.82, 2.24) is 9.80 Å². The lowest BCUT2D eigenvalue weighted by Gasteiger charge is -2.29. The van der Waals surface area contributed by atoms with E-state index in [2.05, 4.69) is 11.8 Å². The monoisotopic (exact) mass is 254 g/mol. The number of carbonyl (C=O) groups excluding carboxylic acids is 2. The van der Waals surface area contributed by atoms with Crippen LogP contribution in [0.2, 0.25) is 0 Å². The molecule has 2 unspecified atom stereocenters. The first-order valence-corrected chi connectivity index (χ1v) is 6.60. The molecule has 1 heterocycles. The van der Waals surface area contributed by atoms with Crippen LogP contribution in [-0.2, 0) is 14.3 Å². The number of hydrogen-bond acceptors (Lipinski definition) is 4. The third kappa shape index (κ3) is 2.83. The van der Waals surface area contributed by atoms with Crippen LogP contribution in [0, 0.1) is 5.92 Å². The first-order valence-electron chi connectivity index (χ1n) is 6.60. The Balaban J connectivity index is 2.16. The summed E-state index contributed by atoms with van der Waals surface area (Å²) in [4.78, 5) is 27.8. The molecule has 5 heteroatoms. The maximum absolute atomic E-state index is 12.4. The van der Waals surface area contributed by atoms with Crippen molar-refractivity contribution in [3.63, 3.8) is 0 Å². The quantitative estimate of drug-likeness (QED) is 0.688. The van der Waals surface area contributed by atoms with E-state index in [4.69, 9.17) is 4.74 Å². The highest BCUT2D eigenvalue weighted by Crippen LogP contribution is 2.32. The van der Waals surface area contributed by atoms with Crippen molar-refractivity contribution in [1.29, 1.82) is 0 Å². The highest BCUT2D eigenvalue weighted by Gasteiger charge is 2.42. The number of likely N-dealkylation sites (N-methyl/N-ethyl adjacent to an activating group) is 1. The predicted octanol–water partition coefficient (Wildman–Crippen LogP) is 0.491. The molecule has 2 aliphatic rings. The third-order valence-electron chi connectivity index (χ3n) is 3.77. The Hall–Kier alpha value is -1.10. The lowest BCUT2D eigenvalue weighted by atomic mass is 10.1. The van der Waals surface area contributed by atoms with E-state index in [1.807, 2.05) is 7.05 Å². The molecule has 1 aliphatic heterocycles. The van der Waals surface area contributed by atoms with Gasteiger partial charge in [0.05, 0.1) is 13.5 Å². The molecule has 2 atom stereocenters. The predicted molar refractivity (Wildman–Crippen MR) is 67.0 cm³/mol. The summed E-state index contributed by atoms with van der Waals surface area (Å²) in [6.45, 7) is 3.81. The first-order chi connectivity index (χ1) is 8.52. The van der Waals surface area contributed by atoms with E-state index in [0.29, 0.717) is 12.0 Å². The van der Waals surface area contributed by atoms with Crippen LogP contribution < -0.4 is 0 Å². The van der Waals surface area contributed by atoms with Crippen LogP contribution in [0.5, 0.6) is 0 Å². The van der Waals surface area contributed by atoms with E-state index in [1.54, 1.807) is 4.90 Å². The number of rotatable bonds is 3. The number of nitrogens with zero attached hydrogens (tertiary/aromatic N) is 2. The fraction of sp³-hybridized carbons (Fsp3) is 0.846. The summed E-state index contributed by atoms with van der Waals surface area (Å²) in [5.74, 6) is 0.195. The molecule has 1 amide bonds. The molecule has 0 bridgehead atoms. The topological polar surface area (TPSA) is 49.9 Å². The third-order valence-corrected chi connectivity index (χ3v) is 3.77. The summed E-state index contributed by atoms with van der Waals surface area (Å²) in [7, 11) is 3.19. The Morgan fingerprint density at radius 3 is 2.61 bits per heavy atom. The molecule has 2 rings (SSSR count). The van der Waals surface area contributed by atoms with Gasteiger partial charge in [-0.3, -0.25) is 14.5 Å². The summed E-state index contributed by atoms with van der Waals surface area (Å²) >= 11 is 0. The molecule has 0 aromatic rings. The smallest absolute Gasteiger partial charge is 0.307 e. The molecule has 0 radical (unpaired) electrons. The summed E-state index contributed by atoms with van der Waals surface area (Å²) in [5, 5.41) is 0. The molecule has 5 nitrogen and oxygen atoms in total. The fourth-order valence-corrected chi connectivity index (χ4v) is 2.75. The zero-order chi connectivity index (χ0) is 13.3. The molecule has 1 aliphatic carbocycles. The average Bonchev–Trinajstić information content (AvgIpc) is 3.15. The van der Waals surface area contributed by atoms with E-state index in [9.17, 15) is 9.59 Å². The van der Waals surface area contributed by atoms with Crippen LogP contribution in [0.1, 0.15) is 26.2 Å². The van der Waals surface area contributed by atoms with Gasteiger partial charge in [-0.2, -0.15) is 0 Å². The Bertz CT molecular complexity index is 341. The van der Waals surface area contributed by atoms with E-state index in [0.717, 1.165) is 25.9 Å². The van der Waals surface area contributed by atoms with Gasteiger partial charge in [-0.05, 0) is 18.8 Å². The molecule has 1 saturated heterocycles. The Morgan fingerprint density at radius 1 is 1.39 bits per heavy atom. The molecular weight excluding hydrogens is 232 g/mol. The molecule has 0 N–H and O–H groups in total. The molecule has 102 valence electrons. The lowest BCUT2D eigenvalue weighted by Crippen LogP contribution is -2.47. The van der Waals surface area contributed by atoms with Crippen LogP contribution in [0.25, 0.3) is 0 Å². The van der Waals surface area contributed by atoms with Crippen molar-refractivity contribution in [3.05, 3.63) is 0 Å². The first kappa shape index (κ1) is 13.3. The largest absolute Gasteiger partial charge is 0.469 e. The Kier molecular flexibility index (Phi) is 3.90. The van der Waals surface area contributed by atoms with E-state index >= 15 is 0 Å². The summed E-state index contributed by atoms with van der Waals surface area (Å²) in [6, 6.07) is 0.150. The van der Waals surface area contributed by atoms with Crippen molar-refractivity contribution < 1.29 is 14.3 Å². The van der Waals surface area contributed by atoms with Crippen molar-refractivity contribution in [3.8, 4) is 0 Å². The number of ether oxygens (including phenoxy) is 1. The van der Waals surface area contributed by atoms with Crippen molar-refractivity contribution in [2.45, 2.75) is 38.3 Å². The van der Waals surface area contributed by atoms with Crippen molar-refractivity contribution in [2.24, 2.45) is 5.92 Å². The van der Waals surface area contributed by atoms with E-state index in [-0.39, 0.29) is 24.3 Å². The van der Waals surface area contributed by atoms with E-state index in [1.165, 1.54) is 7.11 Å². The number of esters is 1. The Morgan fingerprint density at radius 2 is 2.06 bits per heavy atom. The molecule has 18 heavy (non-hydrogen) atoms. The number of hydrogen-bond donors (Lipinski definition) is 0. The van der Waals surface area contributed by atoms with Crippen LogP contribution in [-0.4, -0.2) is 61.0 Å². The van der Waals surface area contributed by atoms with Gasteiger partial charge in [0.2, 0.25) is 5.91 Å². The highest BCUT2D eigenvalue weighted by molar-refractivity contribution is 5.86. The van der Waals surface area contributed by atoms with Crippen LogP contribution in [0.4, 0.5) is 0 Å². The van der Waals surface area contributed by atoms with Crippen molar-refractivity contribution in [2.75, 3.05) is 27.2 Å². The zero-order valence-corrected chi connectivity index (χ0v) is 11.4. The van der Waals surface area contributed by atoms with Gasteiger partial charge >= 0.3 is 5.97 Å². The van der Waals surface area contributed by atoms with Crippen molar-refractivity contribution >= 4 is 11.9 Å². The van der Waals surface area contributed by atoms with Crippen LogP contribution >= 0.6 is 0 Å². The minimum Gasteiger partial charge on any atom is -0.469 e. The maximum Gasteiger partial charge on any atom is 0.307 e. The molecule has 0 aromatic carbocycles. The molecule has 1 saturated carbocycles. The Labute approximate surface area is 108 Å². The van der Waals surface area contributed by atoms with Gasteiger partial charge in [-0.1, -0.05) is 6.92 Å². The molecule has 2 fully saturated rings. The molecule has 0 spiro atoms. The van der Waals surface area contributed by atoms with Gasteiger partial charge in [0, 0.05) is 26.2 Å². The summed E-state index contributed by atoms with van der Waals surface area (Å²) in [5.41, 5.74) is 0. The van der Waals surface area contributed by atoms with Gasteiger partial charge < -0.3 is 9.64 Å². The maximum atomic E-state index is 12.4. The minimum atomic E-state index is -0.333. The van der Waals surface area contributed by atoms with Crippen LogP contribution in [0.3, 0.4) is 0 Å². The van der Waals surface area contributed by atoms with E-state index < -0.39 is 0 Å².